The summed E-state index contributed by atoms with van der Waals surface area (Å²) in [6.45, 7) is 0.777. The number of piperidine rings is 1. The number of aryl methyl sites for hydroxylation is 1. The lowest BCUT2D eigenvalue weighted by Gasteiger charge is -2.39. The number of nitrogens with zero attached hydrogens (tertiary/aromatic N) is 1. The minimum atomic E-state index is -0.186. The standard InChI is InChI=1S/C23H27N3O/c24-23-18(15-17-7-2-1-3-8-17)9-6-14-26(23)22(27)13-12-19-16-25-21-11-5-4-10-20(19)21/h1-5,7-8,10-11,16,18,23,25H,6,9,12-15,24H2/t18-,23-/m1/s1. The maximum atomic E-state index is 12.9. The van der Waals surface area contributed by atoms with Crippen LogP contribution in [0.3, 0.4) is 0 Å². The lowest BCUT2D eigenvalue weighted by Crippen LogP contribution is -2.54. The summed E-state index contributed by atoms with van der Waals surface area (Å²) < 4.78 is 0. The quantitative estimate of drug-likeness (QED) is 0.725. The fourth-order valence-corrected chi connectivity index (χ4v) is 4.25. The van der Waals surface area contributed by atoms with Crippen LogP contribution in [0, 0.1) is 5.92 Å². The van der Waals surface area contributed by atoms with Gasteiger partial charge < -0.3 is 15.6 Å². The molecule has 4 rings (SSSR count). The van der Waals surface area contributed by atoms with Crippen molar-refractivity contribution in [3.8, 4) is 0 Å². The first kappa shape index (κ1) is 17.8. The number of fused-ring (bicyclic) bond motifs is 1. The number of amides is 1. The second kappa shape index (κ2) is 7.97. The van der Waals surface area contributed by atoms with Crippen LogP contribution in [-0.2, 0) is 17.6 Å². The Morgan fingerprint density at radius 3 is 2.74 bits per heavy atom. The maximum absolute atomic E-state index is 12.9. The van der Waals surface area contributed by atoms with E-state index in [1.165, 1.54) is 16.5 Å². The molecular weight excluding hydrogens is 334 g/mol. The predicted octanol–water partition coefficient (Wildman–Crippen LogP) is 3.87. The Morgan fingerprint density at radius 2 is 1.89 bits per heavy atom. The van der Waals surface area contributed by atoms with E-state index in [2.05, 4.69) is 41.4 Å². The minimum Gasteiger partial charge on any atom is -0.361 e. The lowest BCUT2D eigenvalue weighted by atomic mass is 9.88. The number of H-pyrrole nitrogens is 1. The Morgan fingerprint density at radius 1 is 1.11 bits per heavy atom. The average Bonchev–Trinajstić information content (AvgIpc) is 3.12. The molecule has 1 aliphatic heterocycles. The van der Waals surface area contributed by atoms with E-state index < -0.39 is 0 Å². The van der Waals surface area contributed by atoms with Crippen LogP contribution < -0.4 is 5.73 Å². The Kier molecular flexibility index (Phi) is 5.26. The van der Waals surface area contributed by atoms with Crippen molar-refractivity contribution in [3.05, 3.63) is 71.9 Å². The summed E-state index contributed by atoms with van der Waals surface area (Å²) in [6, 6.07) is 18.7. The molecule has 4 heteroatoms. The van der Waals surface area contributed by atoms with Gasteiger partial charge in [0.05, 0.1) is 6.17 Å². The van der Waals surface area contributed by atoms with Gasteiger partial charge >= 0.3 is 0 Å². The largest absolute Gasteiger partial charge is 0.361 e. The van der Waals surface area contributed by atoms with Gasteiger partial charge in [0.15, 0.2) is 0 Å². The lowest BCUT2D eigenvalue weighted by molar-refractivity contribution is -0.136. The van der Waals surface area contributed by atoms with Crippen LogP contribution in [0.15, 0.2) is 60.8 Å². The van der Waals surface area contributed by atoms with Crippen molar-refractivity contribution in [1.29, 1.82) is 0 Å². The second-order valence-electron chi connectivity index (χ2n) is 7.53. The maximum Gasteiger partial charge on any atom is 0.224 e. The van der Waals surface area contributed by atoms with E-state index in [1.807, 2.05) is 29.3 Å². The molecule has 0 spiro atoms. The molecular formula is C23H27N3O. The number of benzene rings is 2. The summed E-state index contributed by atoms with van der Waals surface area (Å²) >= 11 is 0. The Balaban J connectivity index is 1.39. The van der Waals surface area contributed by atoms with Gasteiger partial charge in [-0.1, -0.05) is 48.5 Å². The molecule has 2 aromatic carbocycles. The van der Waals surface area contributed by atoms with Gasteiger partial charge in [-0.05, 0) is 48.8 Å². The van der Waals surface area contributed by atoms with E-state index in [0.717, 1.165) is 37.7 Å². The van der Waals surface area contributed by atoms with Crippen LogP contribution in [0.5, 0.6) is 0 Å². The summed E-state index contributed by atoms with van der Waals surface area (Å²) in [4.78, 5) is 18.1. The van der Waals surface area contributed by atoms with E-state index in [0.29, 0.717) is 12.3 Å². The van der Waals surface area contributed by atoms with Gasteiger partial charge in [-0.25, -0.2) is 0 Å². The zero-order chi connectivity index (χ0) is 18.6. The van der Waals surface area contributed by atoms with Gasteiger partial charge in [0.2, 0.25) is 5.91 Å². The van der Waals surface area contributed by atoms with Crippen molar-refractivity contribution < 1.29 is 4.79 Å². The van der Waals surface area contributed by atoms with E-state index in [-0.39, 0.29) is 12.1 Å². The van der Waals surface area contributed by atoms with Crippen LogP contribution in [-0.4, -0.2) is 28.5 Å². The second-order valence-corrected chi connectivity index (χ2v) is 7.53. The first-order chi connectivity index (χ1) is 13.2. The summed E-state index contributed by atoms with van der Waals surface area (Å²) in [7, 11) is 0. The third-order valence-corrected chi connectivity index (χ3v) is 5.76. The molecule has 27 heavy (non-hydrogen) atoms. The smallest absolute Gasteiger partial charge is 0.224 e. The fraction of sp³-hybridized carbons (Fsp3) is 0.348. The van der Waals surface area contributed by atoms with Crippen molar-refractivity contribution in [1.82, 2.24) is 9.88 Å². The van der Waals surface area contributed by atoms with Crippen molar-refractivity contribution >= 4 is 16.8 Å². The van der Waals surface area contributed by atoms with Crippen LogP contribution in [0.1, 0.15) is 30.4 Å². The molecule has 2 atom stereocenters. The van der Waals surface area contributed by atoms with Gasteiger partial charge in [0.1, 0.15) is 0 Å². The molecule has 3 aromatic rings. The number of rotatable bonds is 5. The molecule has 0 saturated carbocycles. The molecule has 0 bridgehead atoms. The van der Waals surface area contributed by atoms with Crippen molar-refractivity contribution in [2.75, 3.05) is 6.54 Å². The number of carbonyl (C=O) groups excluding carboxylic acids is 1. The number of aromatic nitrogens is 1. The van der Waals surface area contributed by atoms with Gasteiger partial charge in [-0.15, -0.1) is 0 Å². The van der Waals surface area contributed by atoms with E-state index in [4.69, 9.17) is 5.73 Å². The highest BCUT2D eigenvalue weighted by atomic mass is 16.2. The third-order valence-electron chi connectivity index (χ3n) is 5.76. The number of likely N-dealkylation sites (tertiary alicyclic amines) is 1. The van der Waals surface area contributed by atoms with E-state index >= 15 is 0 Å². The summed E-state index contributed by atoms with van der Waals surface area (Å²) in [5, 5.41) is 1.20. The van der Waals surface area contributed by atoms with E-state index in [1.54, 1.807) is 0 Å². The molecule has 0 unspecified atom stereocenters. The number of aromatic amines is 1. The molecule has 140 valence electrons. The van der Waals surface area contributed by atoms with Crippen LogP contribution in [0.2, 0.25) is 0 Å². The normalized spacial score (nSPS) is 20.1. The van der Waals surface area contributed by atoms with E-state index in [9.17, 15) is 4.79 Å². The predicted molar refractivity (Wildman–Crippen MR) is 109 cm³/mol. The molecule has 1 amide bonds. The third kappa shape index (κ3) is 3.91. The highest BCUT2D eigenvalue weighted by Gasteiger charge is 2.31. The number of hydrogen-bond donors (Lipinski definition) is 2. The van der Waals surface area contributed by atoms with Gasteiger partial charge in [0, 0.05) is 30.1 Å². The van der Waals surface area contributed by atoms with Gasteiger partial charge in [0.25, 0.3) is 0 Å². The number of carbonyl (C=O) groups is 1. The molecule has 0 radical (unpaired) electrons. The Hall–Kier alpha value is -2.59. The van der Waals surface area contributed by atoms with Crippen molar-refractivity contribution in [2.45, 2.75) is 38.3 Å². The Bertz CT molecular complexity index is 902. The number of nitrogens with one attached hydrogen (secondary N) is 1. The first-order valence-electron chi connectivity index (χ1n) is 9.86. The SMILES string of the molecule is N[C@H]1[C@@H](Cc2ccccc2)CCCN1C(=O)CCc1c[nH]c2ccccc12. The molecule has 2 heterocycles. The number of hydrogen-bond acceptors (Lipinski definition) is 2. The summed E-state index contributed by atoms with van der Waals surface area (Å²) in [5.41, 5.74) is 10.1. The fourth-order valence-electron chi connectivity index (χ4n) is 4.25. The van der Waals surface area contributed by atoms with Gasteiger partial charge in [-0.3, -0.25) is 4.79 Å². The molecule has 3 N–H and O–H groups in total. The van der Waals surface area contributed by atoms with Crippen LogP contribution >= 0.6 is 0 Å². The summed E-state index contributed by atoms with van der Waals surface area (Å²) in [6.07, 6.45) is 6.14. The molecule has 1 saturated heterocycles. The molecule has 1 aliphatic rings. The molecule has 1 aromatic heterocycles. The molecule has 1 fully saturated rings. The van der Waals surface area contributed by atoms with Crippen molar-refractivity contribution in [2.24, 2.45) is 11.7 Å². The van der Waals surface area contributed by atoms with Crippen molar-refractivity contribution in [3.63, 3.8) is 0 Å². The topological polar surface area (TPSA) is 62.1 Å². The zero-order valence-corrected chi connectivity index (χ0v) is 15.6. The highest BCUT2D eigenvalue weighted by Crippen LogP contribution is 2.26. The first-order valence-corrected chi connectivity index (χ1v) is 9.86. The number of para-hydroxylation sites is 1. The highest BCUT2D eigenvalue weighted by molar-refractivity contribution is 5.84. The Labute approximate surface area is 160 Å². The summed E-state index contributed by atoms with van der Waals surface area (Å²) in [5.74, 6) is 0.503. The molecule has 0 aliphatic carbocycles. The van der Waals surface area contributed by atoms with Crippen LogP contribution in [0.4, 0.5) is 0 Å². The monoisotopic (exact) mass is 361 g/mol. The number of nitrogens with two attached hydrogens (primary N) is 1. The molecule has 4 nitrogen and oxygen atoms in total. The zero-order valence-electron chi connectivity index (χ0n) is 15.6. The average molecular weight is 361 g/mol. The van der Waals surface area contributed by atoms with Gasteiger partial charge in [-0.2, -0.15) is 0 Å². The van der Waals surface area contributed by atoms with Crippen LogP contribution in [0.25, 0.3) is 10.9 Å². The minimum absolute atomic E-state index is 0.172.